The molecule has 6 heteroatoms. The zero-order valence-electron chi connectivity index (χ0n) is 14.1. The highest BCUT2D eigenvalue weighted by Gasteiger charge is 2.20. The van der Waals surface area contributed by atoms with Gasteiger partial charge in [0, 0.05) is 31.9 Å². The Morgan fingerprint density at radius 2 is 2.33 bits per heavy atom. The lowest BCUT2D eigenvalue weighted by Gasteiger charge is -2.18. The highest BCUT2D eigenvalue weighted by Crippen LogP contribution is 2.24. The van der Waals surface area contributed by atoms with Crippen molar-refractivity contribution in [1.29, 1.82) is 5.26 Å². The molecule has 0 bridgehead atoms. The van der Waals surface area contributed by atoms with Gasteiger partial charge in [0.1, 0.15) is 11.6 Å². The number of hydrogen-bond acceptors (Lipinski definition) is 6. The smallest absolute Gasteiger partial charge is 0.349 e. The largest absolute Gasteiger partial charge is 0.461 e. The van der Waals surface area contributed by atoms with Crippen molar-refractivity contribution in [2.24, 2.45) is 0 Å². The van der Waals surface area contributed by atoms with Crippen LogP contribution in [0.25, 0.3) is 0 Å². The number of aliphatic hydroxyl groups is 1. The number of nitrogens with one attached hydrogen (secondary N) is 1. The molecular formula is C18H26N2O4. The zero-order chi connectivity index (χ0) is 17.2. The van der Waals surface area contributed by atoms with Crippen LogP contribution in [0.4, 0.5) is 0 Å². The normalized spacial score (nSPS) is 22.5. The molecule has 0 radical (unpaired) electrons. The average molecular weight is 334 g/mol. The maximum atomic E-state index is 12.2. The predicted octanol–water partition coefficient (Wildman–Crippen LogP) is 1.96. The molecule has 1 heterocycles. The molecule has 2 aliphatic rings. The molecule has 6 nitrogen and oxygen atoms in total. The van der Waals surface area contributed by atoms with E-state index < -0.39 is 5.97 Å². The SMILES string of the molecule is N#C/C(C(=O)OCCC1CCCO1)=C1/C=C(NCCCO)CCC1. The van der Waals surface area contributed by atoms with Crippen LogP contribution < -0.4 is 5.32 Å². The summed E-state index contributed by atoms with van der Waals surface area (Å²) in [6.07, 6.45) is 7.96. The summed E-state index contributed by atoms with van der Waals surface area (Å²) < 4.78 is 10.8. The average Bonchev–Trinajstić information content (AvgIpc) is 3.10. The van der Waals surface area contributed by atoms with Crippen molar-refractivity contribution in [3.8, 4) is 6.07 Å². The molecule has 0 spiro atoms. The maximum Gasteiger partial charge on any atom is 0.349 e. The van der Waals surface area contributed by atoms with E-state index in [1.807, 2.05) is 12.1 Å². The summed E-state index contributed by atoms with van der Waals surface area (Å²) in [4.78, 5) is 12.2. The number of carbonyl (C=O) groups excluding carboxylic acids is 1. The number of allylic oxidation sites excluding steroid dienone is 3. The Balaban J connectivity index is 1.91. The second-order valence-electron chi connectivity index (χ2n) is 6.10. The lowest BCUT2D eigenvalue weighted by Crippen LogP contribution is -2.19. The van der Waals surface area contributed by atoms with Crippen molar-refractivity contribution >= 4 is 5.97 Å². The first-order valence-corrected chi connectivity index (χ1v) is 8.72. The van der Waals surface area contributed by atoms with E-state index in [1.165, 1.54) is 0 Å². The molecule has 1 fully saturated rings. The molecule has 0 saturated carbocycles. The quantitative estimate of drug-likeness (QED) is 0.305. The zero-order valence-corrected chi connectivity index (χ0v) is 14.1. The van der Waals surface area contributed by atoms with E-state index in [2.05, 4.69) is 5.32 Å². The minimum absolute atomic E-state index is 0.100. The fourth-order valence-electron chi connectivity index (χ4n) is 2.96. The summed E-state index contributed by atoms with van der Waals surface area (Å²) in [5.74, 6) is -0.543. The topological polar surface area (TPSA) is 91.6 Å². The third kappa shape index (κ3) is 5.66. The fraction of sp³-hybridized carbons (Fsp3) is 0.667. The van der Waals surface area contributed by atoms with Gasteiger partial charge in [0.2, 0.25) is 0 Å². The van der Waals surface area contributed by atoms with E-state index >= 15 is 0 Å². The Labute approximate surface area is 143 Å². The number of rotatable bonds is 8. The molecule has 1 saturated heterocycles. The first-order chi connectivity index (χ1) is 11.7. The summed E-state index contributed by atoms with van der Waals surface area (Å²) in [6, 6.07) is 2.00. The summed E-state index contributed by atoms with van der Waals surface area (Å²) in [5, 5.41) is 21.4. The molecule has 0 aromatic heterocycles. The monoisotopic (exact) mass is 334 g/mol. The van der Waals surface area contributed by atoms with Gasteiger partial charge >= 0.3 is 5.97 Å². The van der Waals surface area contributed by atoms with Gasteiger partial charge in [0.05, 0.1) is 12.7 Å². The van der Waals surface area contributed by atoms with Gasteiger partial charge < -0.3 is 19.9 Å². The van der Waals surface area contributed by atoms with Gasteiger partial charge in [-0.1, -0.05) is 0 Å². The standard InChI is InChI=1S/C18H26N2O4/c19-13-17(18(22)24-11-7-16-6-2-10-23-16)14-4-1-5-15(12-14)20-8-3-9-21/h12,16,20-21H,1-11H2/b17-14-. The van der Waals surface area contributed by atoms with E-state index in [0.29, 0.717) is 25.8 Å². The summed E-state index contributed by atoms with van der Waals surface area (Å²) >= 11 is 0. The van der Waals surface area contributed by atoms with Crippen molar-refractivity contribution in [3.05, 3.63) is 22.9 Å². The lowest BCUT2D eigenvalue weighted by atomic mass is 9.95. The molecule has 0 aromatic rings. The Kier molecular flexibility index (Phi) is 7.80. The molecule has 0 amide bonds. The Hall–Kier alpha value is -1.84. The van der Waals surface area contributed by atoms with E-state index in [9.17, 15) is 10.1 Å². The maximum absolute atomic E-state index is 12.2. The van der Waals surface area contributed by atoms with Gasteiger partial charge in [-0.3, -0.25) is 0 Å². The van der Waals surface area contributed by atoms with Crippen molar-refractivity contribution in [2.45, 2.75) is 51.0 Å². The molecular weight excluding hydrogens is 308 g/mol. The molecule has 1 atom stereocenters. The van der Waals surface area contributed by atoms with Crippen LogP contribution in [0.1, 0.15) is 44.9 Å². The van der Waals surface area contributed by atoms with Crippen LogP contribution in [0, 0.1) is 11.3 Å². The summed E-state index contributed by atoms with van der Waals surface area (Å²) in [7, 11) is 0. The first-order valence-electron chi connectivity index (χ1n) is 8.72. The van der Waals surface area contributed by atoms with Crippen molar-refractivity contribution < 1.29 is 19.4 Å². The Morgan fingerprint density at radius 3 is 3.04 bits per heavy atom. The van der Waals surface area contributed by atoms with E-state index in [1.54, 1.807) is 0 Å². The molecule has 2 N–H and O–H groups in total. The summed E-state index contributed by atoms with van der Waals surface area (Å²) in [5.41, 5.74) is 1.84. The number of esters is 1. The van der Waals surface area contributed by atoms with Gasteiger partial charge in [-0.25, -0.2) is 4.79 Å². The number of aliphatic hydroxyl groups excluding tert-OH is 1. The van der Waals surface area contributed by atoms with E-state index in [0.717, 1.165) is 43.6 Å². The second kappa shape index (κ2) is 10.1. The lowest BCUT2D eigenvalue weighted by molar-refractivity contribution is -0.139. The van der Waals surface area contributed by atoms with E-state index in [-0.39, 0.29) is 24.9 Å². The third-order valence-electron chi connectivity index (χ3n) is 4.26. The third-order valence-corrected chi connectivity index (χ3v) is 4.26. The number of hydrogen-bond donors (Lipinski definition) is 2. The molecule has 0 aromatic carbocycles. The summed E-state index contributed by atoms with van der Waals surface area (Å²) in [6.45, 7) is 1.89. The van der Waals surface area contributed by atoms with Gasteiger partial charge in [0.25, 0.3) is 0 Å². The van der Waals surface area contributed by atoms with Crippen molar-refractivity contribution in [3.63, 3.8) is 0 Å². The Morgan fingerprint density at radius 1 is 1.46 bits per heavy atom. The highest BCUT2D eigenvalue weighted by molar-refractivity contribution is 5.94. The minimum Gasteiger partial charge on any atom is -0.461 e. The highest BCUT2D eigenvalue weighted by atomic mass is 16.5. The number of nitrogens with zero attached hydrogens (tertiary/aromatic N) is 1. The molecule has 24 heavy (non-hydrogen) atoms. The predicted molar refractivity (Wildman–Crippen MR) is 88.8 cm³/mol. The van der Waals surface area contributed by atoms with Gasteiger partial charge in [-0.05, 0) is 50.2 Å². The van der Waals surface area contributed by atoms with Crippen LogP contribution in [0.2, 0.25) is 0 Å². The van der Waals surface area contributed by atoms with Gasteiger partial charge in [0.15, 0.2) is 0 Å². The molecule has 132 valence electrons. The number of ether oxygens (including phenoxy) is 2. The molecule has 2 rings (SSSR count). The van der Waals surface area contributed by atoms with Crippen molar-refractivity contribution in [2.75, 3.05) is 26.4 Å². The van der Waals surface area contributed by atoms with Gasteiger partial charge in [-0.2, -0.15) is 5.26 Å². The van der Waals surface area contributed by atoms with Crippen LogP contribution in [0.3, 0.4) is 0 Å². The molecule has 1 aliphatic heterocycles. The van der Waals surface area contributed by atoms with Crippen molar-refractivity contribution in [1.82, 2.24) is 5.32 Å². The van der Waals surface area contributed by atoms with Crippen LogP contribution in [-0.2, 0) is 14.3 Å². The second-order valence-corrected chi connectivity index (χ2v) is 6.10. The van der Waals surface area contributed by atoms with Gasteiger partial charge in [-0.15, -0.1) is 0 Å². The minimum atomic E-state index is -0.543. The van der Waals surface area contributed by atoms with Crippen LogP contribution in [-0.4, -0.2) is 43.5 Å². The Bertz CT molecular complexity index is 528. The van der Waals surface area contributed by atoms with Crippen LogP contribution >= 0.6 is 0 Å². The van der Waals surface area contributed by atoms with Crippen LogP contribution in [0.15, 0.2) is 22.9 Å². The first kappa shape index (κ1) is 18.5. The molecule has 1 aliphatic carbocycles. The van der Waals surface area contributed by atoms with Crippen LogP contribution in [0.5, 0.6) is 0 Å². The molecule has 1 unspecified atom stereocenters. The van der Waals surface area contributed by atoms with E-state index in [4.69, 9.17) is 14.6 Å². The number of carbonyl (C=O) groups is 1. The fourth-order valence-corrected chi connectivity index (χ4v) is 2.96. The number of nitriles is 1.